The first kappa shape index (κ1) is 13.5. The van der Waals surface area contributed by atoms with E-state index in [-0.39, 0.29) is 24.2 Å². The zero-order valence-corrected chi connectivity index (χ0v) is 10.8. The van der Waals surface area contributed by atoms with Crippen molar-refractivity contribution >= 4 is 0 Å². The van der Waals surface area contributed by atoms with Gasteiger partial charge >= 0.3 is 0 Å². The number of para-hydroxylation sites is 1. The van der Waals surface area contributed by atoms with Crippen molar-refractivity contribution in [1.82, 2.24) is 5.16 Å². The summed E-state index contributed by atoms with van der Waals surface area (Å²) in [6.45, 7) is 2.15. The summed E-state index contributed by atoms with van der Waals surface area (Å²) >= 11 is 0. The van der Waals surface area contributed by atoms with Crippen LogP contribution in [0.2, 0.25) is 0 Å². The second-order valence-electron chi connectivity index (χ2n) is 4.37. The highest BCUT2D eigenvalue weighted by molar-refractivity contribution is 5.35. The number of aromatic nitrogens is 1. The quantitative estimate of drug-likeness (QED) is 0.871. The van der Waals surface area contributed by atoms with E-state index in [9.17, 15) is 4.39 Å². The molecule has 1 aromatic carbocycles. The molecule has 0 radical (unpaired) electrons. The van der Waals surface area contributed by atoms with Gasteiger partial charge in [-0.15, -0.1) is 0 Å². The number of halogens is 1. The van der Waals surface area contributed by atoms with E-state index in [1.165, 1.54) is 12.3 Å². The zero-order valence-electron chi connectivity index (χ0n) is 10.8. The van der Waals surface area contributed by atoms with Crippen molar-refractivity contribution in [1.29, 1.82) is 0 Å². The molecule has 0 saturated carbocycles. The molecule has 1 aromatic heterocycles. The fraction of sp³-hybridized carbons (Fsp3) is 0.357. The van der Waals surface area contributed by atoms with Gasteiger partial charge in [-0.25, -0.2) is 4.39 Å². The third-order valence-corrected chi connectivity index (χ3v) is 2.91. The van der Waals surface area contributed by atoms with Gasteiger partial charge in [0, 0.05) is 12.1 Å². The van der Waals surface area contributed by atoms with Crippen LogP contribution >= 0.6 is 0 Å². The maximum Gasteiger partial charge on any atom is 0.174 e. The SMILES string of the molecule is CCC(N)Cc1cccc(F)c1OCc1ccno1. The normalized spacial score (nSPS) is 12.4. The number of hydrogen-bond acceptors (Lipinski definition) is 4. The average Bonchev–Trinajstić information content (AvgIpc) is 2.91. The summed E-state index contributed by atoms with van der Waals surface area (Å²) in [4.78, 5) is 0. The van der Waals surface area contributed by atoms with Crippen LogP contribution in [0.5, 0.6) is 5.75 Å². The summed E-state index contributed by atoms with van der Waals surface area (Å²) in [5.74, 6) is 0.400. The van der Waals surface area contributed by atoms with Crippen molar-refractivity contribution in [2.75, 3.05) is 0 Å². The summed E-state index contributed by atoms with van der Waals surface area (Å²) in [6.07, 6.45) is 2.94. The molecule has 0 aliphatic carbocycles. The largest absolute Gasteiger partial charge is 0.482 e. The maximum absolute atomic E-state index is 13.8. The van der Waals surface area contributed by atoms with E-state index in [1.807, 2.05) is 13.0 Å². The van der Waals surface area contributed by atoms with Crippen LogP contribution in [0.1, 0.15) is 24.7 Å². The van der Waals surface area contributed by atoms with Gasteiger partial charge < -0.3 is 15.0 Å². The van der Waals surface area contributed by atoms with E-state index in [0.717, 1.165) is 12.0 Å². The number of nitrogens with two attached hydrogens (primary N) is 1. The Hall–Kier alpha value is -1.88. The third kappa shape index (κ3) is 3.54. The predicted molar refractivity (Wildman–Crippen MR) is 69.2 cm³/mol. The molecule has 1 heterocycles. The first-order valence-corrected chi connectivity index (χ1v) is 6.26. The zero-order chi connectivity index (χ0) is 13.7. The molecule has 5 heteroatoms. The molecule has 19 heavy (non-hydrogen) atoms. The molecule has 0 saturated heterocycles. The van der Waals surface area contributed by atoms with Crippen molar-refractivity contribution in [2.24, 2.45) is 5.73 Å². The molecule has 0 spiro atoms. The van der Waals surface area contributed by atoms with Crippen molar-refractivity contribution < 1.29 is 13.7 Å². The van der Waals surface area contributed by atoms with E-state index in [4.69, 9.17) is 15.0 Å². The van der Waals surface area contributed by atoms with E-state index in [2.05, 4.69) is 5.16 Å². The molecule has 0 aliphatic rings. The fourth-order valence-electron chi connectivity index (χ4n) is 1.76. The Morgan fingerprint density at radius 3 is 2.95 bits per heavy atom. The van der Waals surface area contributed by atoms with Crippen molar-refractivity contribution in [3.05, 3.63) is 47.6 Å². The highest BCUT2D eigenvalue weighted by Crippen LogP contribution is 2.25. The number of nitrogens with zero attached hydrogens (tertiary/aromatic N) is 1. The van der Waals surface area contributed by atoms with Crippen molar-refractivity contribution in [3.8, 4) is 5.75 Å². The second-order valence-corrected chi connectivity index (χ2v) is 4.37. The maximum atomic E-state index is 13.8. The van der Waals surface area contributed by atoms with Crippen molar-refractivity contribution in [2.45, 2.75) is 32.4 Å². The number of rotatable bonds is 6. The molecule has 1 atom stereocenters. The summed E-state index contributed by atoms with van der Waals surface area (Å²) in [7, 11) is 0. The standard InChI is InChI=1S/C14H17FN2O2/c1-2-11(16)8-10-4-3-5-13(15)14(10)18-9-12-6-7-17-19-12/h3-7,11H,2,8-9,16H2,1H3. The van der Waals surface area contributed by atoms with E-state index >= 15 is 0 Å². The van der Waals surface area contributed by atoms with Crippen LogP contribution in [-0.4, -0.2) is 11.2 Å². The van der Waals surface area contributed by atoms with Crippen LogP contribution < -0.4 is 10.5 Å². The highest BCUT2D eigenvalue weighted by Gasteiger charge is 2.13. The van der Waals surface area contributed by atoms with Gasteiger partial charge in [0.05, 0.1) is 6.20 Å². The van der Waals surface area contributed by atoms with Gasteiger partial charge in [0.15, 0.2) is 17.3 Å². The van der Waals surface area contributed by atoms with Crippen LogP contribution in [-0.2, 0) is 13.0 Å². The van der Waals surface area contributed by atoms with Crippen LogP contribution in [0, 0.1) is 5.82 Å². The third-order valence-electron chi connectivity index (χ3n) is 2.91. The molecule has 0 fully saturated rings. The average molecular weight is 264 g/mol. The molecule has 4 nitrogen and oxygen atoms in total. The topological polar surface area (TPSA) is 61.3 Å². The predicted octanol–water partition coefficient (Wildman–Crippen LogP) is 2.67. The fourth-order valence-corrected chi connectivity index (χ4v) is 1.76. The van der Waals surface area contributed by atoms with E-state index in [1.54, 1.807) is 12.1 Å². The van der Waals surface area contributed by atoms with E-state index < -0.39 is 0 Å². The van der Waals surface area contributed by atoms with Gasteiger partial charge in [0.2, 0.25) is 0 Å². The Morgan fingerprint density at radius 2 is 2.26 bits per heavy atom. The van der Waals surface area contributed by atoms with Crippen LogP contribution in [0.25, 0.3) is 0 Å². The minimum absolute atomic E-state index is 0.00516. The molecule has 0 bridgehead atoms. The smallest absolute Gasteiger partial charge is 0.174 e. The molecule has 2 rings (SSSR count). The van der Waals surface area contributed by atoms with Gasteiger partial charge in [-0.3, -0.25) is 0 Å². The lowest BCUT2D eigenvalue weighted by Gasteiger charge is -2.14. The highest BCUT2D eigenvalue weighted by atomic mass is 19.1. The Kier molecular flexibility index (Phi) is 4.52. The van der Waals surface area contributed by atoms with Crippen LogP contribution in [0.4, 0.5) is 4.39 Å². The Morgan fingerprint density at radius 1 is 1.42 bits per heavy atom. The Labute approximate surface area is 111 Å². The summed E-state index contributed by atoms with van der Waals surface area (Å²) in [5, 5.41) is 3.57. The number of ether oxygens (including phenoxy) is 1. The van der Waals surface area contributed by atoms with Gasteiger partial charge in [-0.2, -0.15) is 0 Å². The lowest BCUT2D eigenvalue weighted by molar-refractivity contribution is 0.238. The van der Waals surface area contributed by atoms with Gasteiger partial charge in [-0.05, 0) is 24.5 Å². The number of benzene rings is 1. The molecule has 2 aromatic rings. The summed E-state index contributed by atoms with van der Waals surface area (Å²) < 4.78 is 24.2. The monoisotopic (exact) mass is 264 g/mol. The van der Waals surface area contributed by atoms with Crippen LogP contribution in [0.15, 0.2) is 35.0 Å². The van der Waals surface area contributed by atoms with Gasteiger partial charge in [0.25, 0.3) is 0 Å². The lowest BCUT2D eigenvalue weighted by Crippen LogP contribution is -2.22. The Balaban J connectivity index is 2.13. The lowest BCUT2D eigenvalue weighted by atomic mass is 10.0. The molecule has 2 N–H and O–H groups in total. The van der Waals surface area contributed by atoms with Gasteiger partial charge in [0.1, 0.15) is 6.61 Å². The van der Waals surface area contributed by atoms with E-state index in [0.29, 0.717) is 12.2 Å². The first-order chi connectivity index (χ1) is 9.20. The first-order valence-electron chi connectivity index (χ1n) is 6.26. The number of hydrogen-bond donors (Lipinski definition) is 1. The molecule has 102 valence electrons. The minimum Gasteiger partial charge on any atom is -0.482 e. The Bertz CT molecular complexity index is 514. The molecule has 0 aliphatic heterocycles. The molecular weight excluding hydrogens is 247 g/mol. The molecule has 1 unspecified atom stereocenters. The molecule has 0 amide bonds. The van der Waals surface area contributed by atoms with Crippen LogP contribution in [0.3, 0.4) is 0 Å². The second kappa shape index (κ2) is 6.33. The summed E-state index contributed by atoms with van der Waals surface area (Å²) in [6, 6.07) is 6.53. The minimum atomic E-state index is -0.389. The van der Waals surface area contributed by atoms with Gasteiger partial charge in [-0.1, -0.05) is 24.2 Å². The van der Waals surface area contributed by atoms with Crippen molar-refractivity contribution in [3.63, 3.8) is 0 Å². The molecular formula is C14H17FN2O2. The summed E-state index contributed by atoms with van der Waals surface area (Å²) in [5.41, 5.74) is 6.68.